The number of fused-ring (bicyclic) bond motifs is 1. The molecule has 1 amide bonds. The Morgan fingerprint density at radius 1 is 1.26 bits per heavy atom. The Morgan fingerprint density at radius 3 is 2.61 bits per heavy atom. The molecule has 1 atom stereocenters. The van der Waals surface area contributed by atoms with Crippen LogP contribution in [0, 0.1) is 6.92 Å². The number of halogens is 1. The lowest BCUT2D eigenvalue weighted by molar-refractivity contribution is -0.116. The van der Waals surface area contributed by atoms with Crippen molar-refractivity contribution < 1.29 is 9.90 Å². The summed E-state index contributed by atoms with van der Waals surface area (Å²) in [4.78, 5) is 12.0. The molecule has 1 aliphatic heterocycles. The summed E-state index contributed by atoms with van der Waals surface area (Å²) in [5.74, 6) is 0.208. The van der Waals surface area contributed by atoms with Crippen molar-refractivity contribution in [3.05, 3.63) is 58.7 Å². The van der Waals surface area contributed by atoms with Crippen LogP contribution < -0.4 is 11.1 Å². The fraction of sp³-hybridized carbons (Fsp3) is 0.278. The maximum absolute atomic E-state index is 12.0. The Kier molecular flexibility index (Phi) is 5.29. The topological polar surface area (TPSA) is 75.3 Å². The van der Waals surface area contributed by atoms with Gasteiger partial charge in [-0.15, -0.1) is 12.4 Å². The lowest BCUT2D eigenvalue weighted by Crippen LogP contribution is -2.23. The van der Waals surface area contributed by atoms with E-state index in [1.807, 2.05) is 13.0 Å². The van der Waals surface area contributed by atoms with E-state index < -0.39 is 0 Å². The minimum absolute atomic E-state index is 0. The third kappa shape index (κ3) is 3.49. The maximum atomic E-state index is 12.0. The summed E-state index contributed by atoms with van der Waals surface area (Å²) in [6, 6.07) is 11.9. The second kappa shape index (κ2) is 7.02. The number of hydrogen-bond donors (Lipinski definition) is 3. The number of aryl methyl sites for hydroxylation is 1. The number of benzene rings is 2. The molecule has 4 nitrogen and oxygen atoms in total. The van der Waals surface area contributed by atoms with Gasteiger partial charge in [0.2, 0.25) is 5.91 Å². The number of rotatable bonds is 3. The van der Waals surface area contributed by atoms with Crippen LogP contribution in [0.25, 0.3) is 0 Å². The van der Waals surface area contributed by atoms with Crippen molar-refractivity contribution in [2.24, 2.45) is 5.73 Å². The molecule has 0 bridgehead atoms. The molecule has 0 spiro atoms. The molecule has 0 fully saturated rings. The van der Waals surface area contributed by atoms with Crippen molar-refractivity contribution in [3.8, 4) is 5.75 Å². The fourth-order valence-electron chi connectivity index (χ4n) is 2.99. The van der Waals surface area contributed by atoms with E-state index >= 15 is 0 Å². The summed E-state index contributed by atoms with van der Waals surface area (Å²) >= 11 is 0. The standard InChI is InChI=1S/C18H20N2O2.ClH/c1-11-8-15-14(9-18(22)20-16(15)10-17(11)21)13-4-2-12(3-5-13)6-7-19;/h2-5,8,10,14,21H,6-7,9,19H2,1H3,(H,20,22);1H. The first-order valence-electron chi connectivity index (χ1n) is 7.50. The van der Waals surface area contributed by atoms with Gasteiger partial charge in [0.25, 0.3) is 0 Å². The molecule has 0 aliphatic carbocycles. The molecule has 3 rings (SSSR count). The molecule has 1 unspecified atom stereocenters. The molecule has 1 aliphatic rings. The number of anilines is 1. The van der Waals surface area contributed by atoms with Crippen LogP contribution in [-0.4, -0.2) is 17.6 Å². The van der Waals surface area contributed by atoms with Crippen molar-refractivity contribution in [2.75, 3.05) is 11.9 Å². The van der Waals surface area contributed by atoms with Crippen LogP contribution in [0.5, 0.6) is 5.75 Å². The summed E-state index contributed by atoms with van der Waals surface area (Å²) in [7, 11) is 0. The zero-order valence-electron chi connectivity index (χ0n) is 13.0. The Hall–Kier alpha value is -2.04. The number of nitrogens with one attached hydrogen (secondary N) is 1. The first-order valence-corrected chi connectivity index (χ1v) is 7.50. The minimum atomic E-state index is -0.0215. The highest BCUT2D eigenvalue weighted by atomic mass is 35.5. The third-order valence-electron chi connectivity index (χ3n) is 4.22. The summed E-state index contributed by atoms with van der Waals surface area (Å²) in [5.41, 5.74) is 10.5. The van der Waals surface area contributed by atoms with E-state index in [1.54, 1.807) is 6.07 Å². The number of carbonyl (C=O) groups excluding carboxylic acids is 1. The van der Waals surface area contributed by atoms with Crippen LogP contribution in [-0.2, 0) is 11.2 Å². The highest BCUT2D eigenvalue weighted by Gasteiger charge is 2.27. The molecule has 1 heterocycles. The van der Waals surface area contributed by atoms with Crippen LogP contribution in [0.3, 0.4) is 0 Å². The number of phenols is 1. The zero-order valence-corrected chi connectivity index (χ0v) is 13.8. The van der Waals surface area contributed by atoms with E-state index in [0.29, 0.717) is 18.7 Å². The number of aromatic hydroxyl groups is 1. The van der Waals surface area contributed by atoms with Crippen LogP contribution in [0.4, 0.5) is 5.69 Å². The Balaban J connectivity index is 0.00000192. The molecule has 0 saturated heterocycles. The van der Waals surface area contributed by atoms with E-state index in [4.69, 9.17) is 5.73 Å². The third-order valence-corrected chi connectivity index (χ3v) is 4.22. The smallest absolute Gasteiger partial charge is 0.225 e. The normalized spacial score (nSPS) is 16.3. The lowest BCUT2D eigenvalue weighted by atomic mass is 9.83. The lowest BCUT2D eigenvalue weighted by Gasteiger charge is -2.27. The second-order valence-corrected chi connectivity index (χ2v) is 5.81. The van der Waals surface area contributed by atoms with Crippen molar-refractivity contribution in [2.45, 2.75) is 25.7 Å². The van der Waals surface area contributed by atoms with E-state index in [0.717, 1.165) is 23.1 Å². The van der Waals surface area contributed by atoms with E-state index in [9.17, 15) is 9.90 Å². The van der Waals surface area contributed by atoms with E-state index in [2.05, 4.69) is 29.6 Å². The molecule has 122 valence electrons. The number of phenolic OH excluding ortho intramolecular Hbond substituents is 1. The van der Waals surface area contributed by atoms with Gasteiger partial charge >= 0.3 is 0 Å². The average molecular weight is 333 g/mol. The summed E-state index contributed by atoms with van der Waals surface area (Å²) in [6.45, 7) is 2.50. The summed E-state index contributed by atoms with van der Waals surface area (Å²) in [5, 5.41) is 12.7. The van der Waals surface area contributed by atoms with Gasteiger partial charge in [0.05, 0.1) is 0 Å². The minimum Gasteiger partial charge on any atom is -0.508 e. The highest BCUT2D eigenvalue weighted by Crippen LogP contribution is 2.39. The van der Waals surface area contributed by atoms with Crippen LogP contribution in [0.2, 0.25) is 0 Å². The van der Waals surface area contributed by atoms with Gasteiger partial charge in [-0.25, -0.2) is 0 Å². The molecular weight excluding hydrogens is 312 g/mol. The van der Waals surface area contributed by atoms with Crippen LogP contribution in [0.1, 0.15) is 34.6 Å². The Bertz CT molecular complexity index is 714. The number of hydrogen-bond acceptors (Lipinski definition) is 3. The van der Waals surface area contributed by atoms with Gasteiger partial charge in [-0.2, -0.15) is 0 Å². The predicted octanol–water partition coefficient (Wildman–Crippen LogP) is 3.10. The SMILES string of the molecule is Cc1cc2c(cc1O)NC(=O)CC2c1ccc(CCN)cc1.Cl. The van der Waals surface area contributed by atoms with Crippen LogP contribution >= 0.6 is 12.4 Å². The maximum Gasteiger partial charge on any atom is 0.225 e. The van der Waals surface area contributed by atoms with Gasteiger partial charge in [0.15, 0.2) is 0 Å². The van der Waals surface area contributed by atoms with Gasteiger partial charge in [-0.3, -0.25) is 4.79 Å². The monoisotopic (exact) mass is 332 g/mol. The van der Waals surface area contributed by atoms with Gasteiger partial charge in [0.1, 0.15) is 5.75 Å². The van der Waals surface area contributed by atoms with Crippen molar-refractivity contribution in [1.82, 2.24) is 0 Å². The van der Waals surface area contributed by atoms with Gasteiger partial charge < -0.3 is 16.2 Å². The first kappa shape index (κ1) is 17.3. The van der Waals surface area contributed by atoms with Crippen molar-refractivity contribution in [1.29, 1.82) is 0 Å². The highest BCUT2D eigenvalue weighted by molar-refractivity contribution is 5.95. The van der Waals surface area contributed by atoms with E-state index in [1.165, 1.54) is 5.56 Å². The van der Waals surface area contributed by atoms with Crippen molar-refractivity contribution in [3.63, 3.8) is 0 Å². The number of carbonyl (C=O) groups is 1. The second-order valence-electron chi connectivity index (χ2n) is 5.81. The van der Waals surface area contributed by atoms with Gasteiger partial charge in [-0.05, 0) is 48.2 Å². The summed E-state index contributed by atoms with van der Waals surface area (Å²) < 4.78 is 0. The molecule has 2 aromatic carbocycles. The Labute approximate surface area is 142 Å². The average Bonchev–Trinajstić information content (AvgIpc) is 2.49. The zero-order chi connectivity index (χ0) is 15.7. The molecule has 5 heteroatoms. The predicted molar refractivity (Wildman–Crippen MR) is 94.4 cm³/mol. The quantitative estimate of drug-likeness (QED) is 0.808. The molecule has 4 N–H and O–H groups in total. The number of amides is 1. The molecule has 0 saturated carbocycles. The summed E-state index contributed by atoms with van der Waals surface area (Å²) in [6.07, 6.45) is 1.28. The molecule has 23 heavy (non-hydrogen) atoms. The fourth-order valence-corrected chi connectivity index (χ4v) is 2.99. The van der Waals surface area contributed by atoms with Crippen LogP contribution in [0.15, 0.2) is 36.4 Å². The molecule has 2 aromatic rings. The molecule has 0 radical (unpaired) electrons. The molecule has 0 aromatic heterocycles. The number of nitrogens with two attached hydrogens (primary N) is 1. The first-order chi connectivity index (χ1) is 10.6. The molecular formula is C18H21ClN2O2. The Morgan fingerprint density at radius 2 is 1.96 bits per heavy atom. The van der Waals surface area contributed by atoms with Gasteiger partial charge in [-0.1, -0.05) is 24.3 Å². The van der Waals surface area contributed by atoms with E-state index in [-0.39, 0.29) is 30.0 Å². The largest absolute Gasteiger partial charge is 0.508 e. The van der Waals surface area contributed by atoms with Gasteiger partial charge in [0, 0.05) is 24.1 Å². The van der Waals surface area contributed by atoms with Crippen molar-refractivity contribution >= 4 is 24.0 Å².